The summed E-state index contributed by atoms with van der Waals surface area (Å²) in [4.78, 5) is 25.8. The van der Waals surface area contributed by atoms with Crippen LogP contribution >= 0.6 is 0 Å². The van der Waals surface area contributed by atoms with Crippen LogP contribution < -0.4 is 10.2 Å². The monoisotopic (exact) mass is 462 g/mol. The van der Waals surface area contributed by atoms with Crippen molar-refractivity contribution in [2.45, 2.75) is 52.1 Å². The first-order chi connectivity index (χ1) is 16.7. The van der Waals surface area contributed by atoms with Crippen LogP contribution in [0.1, 0.15) is 49.7 Å². The number of pyridine rings is 1. The van der Waals surface area contributed by atoms with E-state index in [9.17, 15) is 13.6 Å². The summed E-state index contributed by atoms with van der Waals surface area (Å²) in [5, 5.41) is 7.87. The number of nitrogens with zero attached hydrogens (tertiary/aromatic N) is 6. The smallest absolute Gasteiger partial charge is 0.303 e. The number of hydrogen-bond acceptors (Lipinski definition) is 7. The highest BCUT2D eigenvalue weighted by atomic mass is 19.3. The van der Waals surface area contributed by atoms with E-state index < -0.39 is 24.4 Å². The van der Waals surface area contributed by atoms with Gasteiger partial charge in [0.15, 0.2) is 11.6 Å². The zero-order valence-corrected chi connectivity index (χ0v) is 18.8. The fourth-order valence-electron chi connectivity index (χ4n) is 3.82. The Morgan fingerprint density at radius 3 is 2.85 bits per heavy atom. The maximum atomic E-state index is 14.2. The fourth-order valence-corrected chi connectivity index (χ4v) is 3.82. The lowest BCUT2D eigenvalue weighted by Gasteiger charge is -2.22. The Hall–Kier alpha value is -3.21. The van der Waals surface area contributed by atoms with Crippen LogP contribution in [-0.4, -0.2) is 56.4 Å². The molecule has 33 heavy (non-hydrogen) atoms. The Labute approximate surface area is 194 Å². The molecule has 0 radical (unpaired) electrons. The summed E-state index contributed by atoms with van der Waals surface area (Å²) < 4.78 is 57.6. The molecule has 1 aliphatic heterocycles. The van der Waals surface area contributed by atoms with Crippen molar-refractivity contribution in [1.29, 1.82) is 0 Å². The van der Waals surface area contributed by atoms with Crippen molar-refractivity contribution in [1.82, 2.24) is 24.7 Å². The molecule has 0 bridgehead atoms. The predicted octanol–water partition coefficient (Wildman–Crippen LogP) is 3.46. The molecule has 3 aromatic rings. The van der Waals surface area contributed by atoms with Gasteiger partial charge in [0, 0.05) is 58.0 Å². The predicted molar refractivity (Wildman–Crippen MR) is 120 cm³/mol. The van der Waals surface area contributed by atoms with Crippen molar-refractivity contribution >= 4 is 28.4 Å². The number of ether oxygens (including phenoxy) is 1. The third-order valence-corrected chi connectivity index (χ3v) is 5.57. The van der Waals surface area contributed by atoms with E-state index in [2.05, 4.69) is 25.4 Å². The number of fused-ring (bicyclic) bond motifs is 1. The fraction of sp³-hybridized carbons (Fsp3) is 0.500. The summed E-state index contributed by atoms with van der Waals surface area (Å²) >= 11 is 0. The highest BCUT2D eigenvalue weighted by molar-refractivity contribution is 5.95. The second kappa shape index (κ2) is 8.29. The van der Waals surface area contributed by atoms with E-state index in [0.717, 1.165) is 6.92 Å². The topological polar surface area (TPSA) is 98.1 Å². The molecule has 0 spiro atoms. The average molecular weight is 463 g/mol. The van der Waals surface area contributed by atoms with Crippen LogP contribution in [0.2, 0.25) is 0 Å². The number of methoxy groups -OCH3 is 1. The summed E-state index contributed by atoms with van der Waals surface area (Å²) in [5.41, 5.74) is -0.0509. The van der Waals surface area contributed by atoms with Gasteiger partial charge < -0.3 is 15.0 Å². The molecule has 11 heteroatoms. The number of aromatic nitrogens is 5. The SMILES string of the molecule is [2H]C([2H])([2H])OC1(C)CCN(c2nn(-c3cc(CC)nc(C(C)(F)F)n3)c3cc(NC(C)=O)ncc23)C1. The number of aryl methyl sites for hydroxylation is 1. The highest BCUT2D eigenvalue weighted by Crippen LogP contribution is 2.35. The Balaban J connectivity index is 1.86. The summed E-state index contributed by atoms with van der Waals surface area (Å²) in [6.07, 6.45) is 2.37. The van der Waals surface area contributed by atoms with Crippen molar-refractivity contribution in [3.63, 3.8) is 0 Å². The second-order valence-corrected chi connectivity index (χ2v) is 8.51. The van der Waals surface area contributed by atoms with Crippen LogP contribution in [0.4, 0.5) is 20.4 Å². The van der Waals surface area contributed by atoms with Gasteiger partial charge in [0.2, 0.25) is 11.7 Å². The van der Waals surface area contributed by atoms with Gasteiger partial charge in [-0.3, -0.25) is 4.79 Å². The minimum Gasteiger partial charge on any atom is -0.377 e. The minimum atomic E-state index is -3.27. The van der Waals surface area contributed by atoms with E-state index in [1.165, 1.54) is 17.8 Å². The molecule has 1 saturated heterocycles. The summed E-state index contributed by atoms with van der Waals surface area (Å²) in [5.74, 6) is -3.36. The van der Waals surface area contributed by atoms with Gasteiger partial charge in [-0.1, -0.05) is 6.92 Å². The van der Waals surface area contributed by atoms with Crippen molar-refractivity contribution in [2.75, 3.05) is 30.3 Å². The maximum absolute atomic E-state index is 14.2. The van der Waals surface area contributed by atoms with Gasteiger partial charge in [0.1, 0.15) is 5.82 Å². The Morgan fingerprint density at radius 1 is 1.39 bits per heavy atom. The first-order valence-corrected chi connectivity index (χ1v) is 10.6. The zero-order valence-electron chi connectivity index (χ0n) is 21.8. The van der Waals surface area contributed by atoms with Gasteiger partial charge in [-0.05, 0) is 19.8 Å². The molecule has 0 aliphatic carbocycles. The number of carbonyl (C=O) groups excluding carboxylic acids is 1. The Bertz CT molecular complexity index is 1310. The molecular formula is C22H27F2N7O2. The zero-order chi connectivity index (χ0) is 26.5. The first kappa shape index (κ1) is 19.3. The first-order valence-electron chi connectivity index (χ1n) is 12.1. The van der Waals surface area contributed by atoms with Crippen LogP contribution in [0.3, 0.4) is 0 Å². The van der Waals surface area contributed by atoms with Gasteiger partial charge in [0.25, 0.3) is 0 Å². The van der Waals surface area contributed by atoms with Crippen molar-refractivity contribution in [3.05, 3.63) is 29.8 Å². The highest BCUT2D eigenvalue weighted by Gasteiger charge is 2.36. The number of carbonyl (C=O) groups is 1. The summed E-state index contributed by atoms with van der Waals surface area (Å²) in [6, 6.07) is 3.16. The van der Waals surface area contributed by atoms with Crippen LogP contribution in [0, 0.1) is 0 Å². The number of alkyl halides is 2. The summed E-state index contributed by atoms with van der Waals surface area (Å²) in [6.45, 7) is 6.29. The van der Waals surface area contributed by atoms with Crippen LogP contribution in [0.25, 0.3) is 16.7 Å². The molecule has 1 amide bonds. The largest absolute Gasteiger partial charge is 0.377 e. The Morgan fingerprint density at radius 2 is 2.18 bits per heavy atom. The number of rotatable bonds is 6. The molecule has 3 aromatic heterocycles. The van der Waals surface area contributed by atoms with E-state index in [1.807, 2.05) is 4.90 Å². The number of nitrogens with one attached hydrogen (secondary N) is 1. The molecule has 4 rings (SSSR count). The van der Waals surface area contributed by atoms with Gasteiger partial charge in [-0.15, -0.1) is 5.10 Å². The average Bonchev–Trinajstić information content (AvgIpc) is 3.31. The lowest BCUT2D eigenvalue weighted by molar-refractivity contribution is -0.114. The molecule has 1 atom stereocenters. The Kier molecular flexibility index (Phi) is 4.84. The van der Waals surface area contributed by atoms with Gasteiger partial charge >= 0.3 is 5.92 Å². The molecule has 0 saturated carbocycles. The molecule has 1 aliphatic rings. The van der Waals surface area contributed by atoms with E-state index in [1.54, 1.807) is 26.0 Å². The number of amides is 1. The van der Waals surface area contributed by atoms with E-state index in [4.69, 9.17) is 8.85 Å². The van der Waals surface area contributed by atoms with E-state index in [-0.39, 0.29) is 24.1 Å². The van der Waals surface area contributed by atoms with Crippen LogP contribution in [0.15, 0.2) is 18.3 Å². The second-order valence-electron chi connectivity index (χ2n) is 8.51. The maximum Gasteiger partial charge on any atom is 0.303 e. The molecular weight excluding hydrogens is 432 g/mol. The molecule has 4 heterocycles. The van der Waals surface area contributed by atoms with E-state index >= 15 is 0 Å². The summed E-state index contributed by atoms with van der Waals surface area (Å²) in [7, 11) is -2.56. The third-order valence-electron chi connectivity index (χ3n) is 5.57. The van der Waals surface area contributed by atoms with Crippen LogP contribution in [0.5, 0.6) is 0 Å². The molecule has 9 nitrogen and oxygen atoms in total. The molecule has 1 unspecified atom stereocenters. The van der Waals surface area contributed by atoms with Gasteiger partial charge in [-0.2, -0.15) is 8.78 Å². The number of halogens is 2. The molecule has 0 aromatic carbocycles. The van der Waals surface area contributed by atoms with Gasteiger partial charge in [-0.25, -0.2) is 19.6 Å². The molecule has 1 fully saturated rings. The number of hydrogen-bond donors (Lipinski definition) is 1. The van der Waals surface area contributed by atoms with E-state index in [0.29, 0.717) is 41.8 Å². The third kappa shape index (κ3) is 4.50. The molecule has 1 N–H and O–H groups in total. The standard InChI is InChI=1S/C22H27F2N7O2/c1-6-14-9-18(28-20(27-14)22(4,23)24)31-16-10-17(26-13(2)32)25-11-15(16)19(29-31)30-8-7-21(3,12-30)33-5/h9-11H,6-8,12H2,1-5H3,(H,25,26,32)/i5D3. The van der Waals surface area contributed by atoms with Crippen molar-refractivity contribution in [2.24, 2.45) is 0 Å². The lowest BCUT2D eigenvalue weighted by Crippen LogP contribution is -2.32. The van der Waals surface area contributed by atoms with Crippen molar-refractivity contribution in [3.8, 4) is 5.82 Å². The van der Waals surface area contributed by atoms with Crippen LogP contribution in [-0.2, 0) is 21.9 Å². The minimum absolute atomic E-state index is 0.135. The normalized spacial score (nSPS) is 20.5. The number of anilines is 2. The lowest BCUT2D eigenvalue weighted by atomic mass is 10.1. The molecule has 176 valence electrons. The quantitative estimate of drug-likeness (QED) is 0.599. The van der Waals surface area contributed by atoms with Crippen molar-refractivity contribution < 1.29 is 22.4 Å². The van der Waals surface area contributed by atoms with Gasteiger partial charge in [0.05, 0.1) is 20.6 Å².